The maximum Gasteiger partial charge on any atom is 0.326 e. The van der Waals surface area contributed by atoms with Gasteiger partial charge in [-0.3, -0.25) is 9.47 Å². The number of aromatic nitrogens is 2. The van der Waals surface area contributed by atoms with Crippen LogP contribution in [0.3, 0.4) is 0 Å². The minimum Gasteiger partial charge on any atom is -0.306 e. The molecule has 1 aromatic heterocycles. The van der Waals surface area contributed by atoms with Crippen LogP contribution in [0.1, 0.15) is 26.2 Å². The van der Waals surface area contributed by atoms with Crippen molar-refractivity contribution in [1.82, 2.24) is 14.5 Å². The average molecular weight is 294 g/mol. The second kappa shape index (κ2) is 5.62. The molecule has 1 N–H and O–H groups in total. The van der Waals surface area contributed by atoms with Crippen LogP contribution in [-0.2, 0) is 6.54 Å². The molecule has 1 aromatic carbocycles. The lowest BCUT2D eigenvalue weighted by Gasteiger charge is -2.34. The maximum absolute atomic E-state index is 12.2. The third kappa shape index (κ3) is 2.50. The zero-order valence-corrected chi connectivity index (χ0v) is 12.5. The van der Waals surface area contributed by atoms with Gasteiger partial charge in [0.2, 0.25) is 0 Å². The van der Waals surface area contributed by atoms with E-state index >= 15 is 0 Å². The molecule has 20 heavy (non-hydrogen) atoms. The highest BCUT2D eigenvalue weighted by atomic mass is 35.5. The number of benzene rings is 1. The smallest absolute Gasteiger partial charge is 0.306 e. The minimum absolute atomic E-state index is 0.0381. The first kappa shape index (κ1) is 13.7. The summed E-state index contributed by atoms with van der Waals surface area (Å²) in [5.41, 5.74) is 1.73. The average Bonchev–Trinajstić information content (AvgIpc) is 2.76. The van der Waals surface area contributed by atoms with Gasteiger partial charge in [-0.05, 0) is 44.1 Å². The van der Waals surface area contributed by atoms with Crippen molar-refractivity contribution >= 4 is 22.6 Å². The van der Waals surface area contributed by atoms with Crippen molar-refractivity contribution in [3.63, 3.8) is 0 Å². The first-order valence-corrected chi connectivity index (χ1v) is 7.69. The Morgan fingerprint density at radius 1 is 1.40 bits per heavy atom. The number of piperidine rings is 1. The topological polar surface area (TPSA) is 41.0 Å². The van der Waals surface area contributed by atoms with Crippen LogP contribution >= 0.6 is 11.6 Å². The van der Waals surface area contributed by atoms with Gasteiger partial charge in [0, 0.05) is 17.6 Å². The molecule has 1 atom stereocenters. The molecule has 1 unspecified atom stereocenters. The Morgan fingerprint density at radius 3 is 3.05 bits per heavy atom. The van der Waals surface area contributed by atoms with Crippen molar-refractivity contribution in [2.45, 2.75) is 38.8 Å². The second-order valence-electron chi connectivity index (χ2n) is 5.48. The summed E-state index contributed by atoms with van der Waals surface area (Å²) in [4.78, 5) is 17.5. The Labute approximate surface area is 123 Å². The van der Waals surface area contributed by atoms with Gasteiger partial charge in [-0.25, -0.2) is 4.79 Å². The maximum atomic E-state index is 12.2. The summed E-state index contributed by atoms with van der Waals surface area (Å²) in [6.07, 6.45) is 3.67. The van der Waals surface area contributed by atoms with Crippen molar-refractivity contribution in [3.05, 3.63) is 33.7 Å². The Kier molecular flexibility index (Phi) is 3.85. The van der Waals surface area contributed by atoms with Crippen molar-refractivity contribution < 1.29 is 0 Å². The van der Waals surface area contributed by atoms with Crippen molar-refractivity contribution in [1.29, 1.82) is 0 Å². The van der Waals surface area contributed by atoms with E-state index in [1.54, 1.807) is 0 Å². The number of nitrogens with one attached hydrogen (secondary N) is 1. The quantitative estimate of drug-likeness (QED) is 0.945. The highest BCUT2D eigenvalue weighted by Gasteiger charge is 2.22. The van der Waals surface area contributed by atoms with E-state index < -0.39 is 0 Å². The van der Waals surface area contributed by atoms with Gasteiger partial charge < -0.3 is 4.98 Å². The van der Waals surface area contributed by atoms with E-state index in [0.29, 0.717) is 11.1 Å². The lowest BCUT2D eigenvalue weighted by molar-refractivity contribution is 0.140. The molecule has 1 fully saturated rings. The SMILES string of the molecule is CCN1CCCCC1Cn1c(=O)[nH]c2ccc(Cl)cc21. The highest BCUT2D eigenvalue weighted by molar-refractivity contribution is 6.31. The molecule has 0 aliphatic carbocycles. The lowest BCUT2D eigenvalue weighted by Crippen LogP contribution is -2.43. The number of rotatable bonds is 3. The molecule has 0 bridgehead atoms. The fraction of sp³-hybridized carbons (Fsp3) is 0.533. The summed E-state index contributed by atoms with van der Waals surface area (Å²) in [6.45, 7) is 5.11. The third-order valence-corrected chi connectivity index (χ3v) is 4.52. The molecule has 1 saturated heterocycles. The van der Waals surface area contributed by atoms with Crippen LogP contribution in [0.25, 0.3) is 11.0 Å². The van der Waals surface area contributed by atoms with Gasteiger partial charge in [0.1, 0.15) is 0 Å². The summed E-state index contributed by atoms with van der Waals surface area (Å²) in [5.74, 6) is 0. The highest BCUT2D eigenvalue weighted by Crippen LogP contribution is 2.21. The number of hydrogen-bond acceptors (Lipinski definition) is 2. The predicted octanol–water partition coefficient (Wildman–Crippen LogP) is 2.86. The molecule has 2 aromatic rings. The van der Waals surface area contributed by atoms with Gasteiger partial charge in [-0.1, -0.05) is 24.9 Å². The first-order chi connectivity index (χ1) is 9.69. The van der Waals surface area contributed by atoms with Crippen molar-refractivity contribution in [3.8, 4) is 0 Å². The van der Waals surface area contributed by atoms with Crippen molar-refractivity contribution in [2.75, 3.05) is 13.1 Å². The van der Waals surface area contributed by atoms with Crippen LogP contribution in [-0.4, -0.2) is 33.6 Å². The summed E-state index contributed by atoms with van der Waals surface area (Å²) in [6, 6.07) is 6.00. The first-order valence-electron chi connectivity index (χ1n) is 7.31. The number of aromatic amines is 1. The fourth-order valence-electron chi connectivity index (χ4n) is 3.20. The molecule has 3 rings (SSSR count). The van der Waals surface area contributed by atoms with Crippen LogP contribution in [0.4, 0.5) is 0 Å². The molecule has 0 saturated carbocycles. The Balaban J connectivity index is 1.95. The molecule has 0 spiro atoms. The summed E-state index contributed by atoms with van der Waals surface area (Å²) in [5, 5.41) is 0.668. The number of nitrogens with zero attached hydrogens (tertiary/aromatic N) is 2. The number of H-pyrrole nitrogens is 1. The van der Waals surface area contributed by atoms with Crippen LogP contribution in [0.15, 0.2) is 23.0 Å². The molecule has 0 radical (unpaired) electrons. The fourth-order valence-corrected chi connectivity index (χ4v) is 3.37. The molecule has 0 amide bonds. The van der Waals surface area contributed by atoms with E-state index in [2.05, 4.69) is 16.8 Å². The number of fused-ring (bicyclic) bond motifs is 1. The molecule has 1 aliphatic heterocycles. The van der Waals surface area contributed by atoms with Gasteiger partial charge in [-0.2, -0.15) is 0 Å². The van der Waals surface area contributed by atoms with E-state index in [9.17, 15) is 4.79 Å². The Morgan fingerprint density at radius 2 is 2.25 bits per heavy atom. The largest absolute Gasteiger partial charge is 0.326 e. The number of likely N-dealkylation sites (N-methyl/N-ethyl adjacent to an activating group) is 1. The van der Waals surface area contributed by atoms with Gasteiger partial charge in [0.15, 0.2) is 0 Å². The molecule has 4 nitrogen and oxygen atoms in total. The molecule has 1 aliphatic rings. The molecular weight excluding hydrogens is 274 g/mol. The summed E-state index contributed by atoms with van der Waals surface area (Å²) in [7, 11) is 0. The Hall–Kier alpha value is -1.26. The normalized spacial score (nSPS) is 20.6. The van der Waals surface area contributed by atoms with E-state index in [1.807, 2.05) is 22.8 Å². The van der Waals surface area contributed by atoms with Gasteiger partial charge >= 0.3 is 5.69 Å². The third-order valence-electron chi connectivity index (χ3n) is 4.29. The van der Waals surface area contributed by atoms with E-state index in [-0.39, 0.29) is 5.69 Å². The lowest BCUT2D eigenvalue weighted by atomic mass is 10.0. The van der Waals surface area contributed by atoms with Gasteiger partial charge in [0.05, 0.1) is 11.0 Å². The van der Waals surface area contributed by atoms with Gasteiger partial charge in [0.25, 0.3) is 0 Å². The van der Waals surface area contributed by atoms with Gasteiger partial charge in [-0.15, -0.1) is 0 Å². The zero-order chi connectivity index (χ0) is 14.1. The summed E-state index contributed by atoms with van der Waals surface area (Å²) < 4.78 is 1.83. The number of imidazole rings is 1. The van der Waals surface area contributed by atoms with Crippen LogP contribution in [0, 0.1) is 0 Å². The predicted molar refractivity (Wildman–Crippen MR) is 82.5 cm³/mol. The van der Waals surface area contributed by atoms with Crippen LogP contribution in [0.2, 0.25) is 5.02 Å². The van der Waals surface area contributed by atoms with Crippen molar-refractivity contribution in [2.24, 2.45) is 0 Å². The molecule has 108 valence electrons. The molecule has 2 heterocycles. The number of likely N-dealkylation sites (tertiary alicyclic amines) is 1. The Bertz CT molecular complexity index is 661. The standard InChI is InChI=1S/C15H20ClN3O/c1-2-18-8-4-3-5-12(18)10-19-14-9-11(16)6-7-13(14)17-15(19)20/h6-7,9,12H,2-5,8,10H2,1H3,(H,17,20). The minimum atomic E-state index is -0.0381. The molecular formula is C15H20ClN3O. The van der Waals surface area contributed by atoms with E-state index in [0.717, 1.165) is 37.1 Å². The molecule has 5 heteroatoms. The number of hydrogen-bond donors (Lipinski definition) is 1. The monoisotopic (exact) mass is 293 g/mol. The number of halogens is 1. The second-order valence-corrected chi connectivity index (χ2v) is 5.92. The van der Waals surface area contributed by atoms with E-state index in [1.165, 1.54) is 12.8 Å². The van der Waals surface area contributed by atoms with Crippen LogP contribution in [0.5, 0.6) is 0 Å². The zero-order valence-electron chi connectivity index (χ0n) is 11.7. The summed E-state index contributed by atoms with van der Waals surface area (Å²) >= 11 is 6.06. The van der Waals surface area contributed by atoms with Crippen LogP contribution < -0.4 is 5.69 Å². The van der Waals surface area contributed by atoms with E-state index in [4.69, 9.17) is 11.6 Å².